The molecule has 2 N–H and O–H groups in total. The van der Waals surface area contributed by atoms with Crippen molar-refractivity contribution in [2.75, 3.05) is 25.0 Å². The molecular formula is C16H25N3OS. The summed E-state index contributed by atoms with van der Waals surface area (Å²) in [5.74, 6) is 0.0495. The highest BCUT2D eigenvalue weighted by molar-refractivity contribution is 7.80. The number of unbranched alkanes of at least 4 members (excludes halogenated alkanes) is 1. The molecule has 0 atom stereocenters. The second kappa shape index (κ2) is 9.34. The van der Waals surface area contributed by atoms with Crippen molar-refractivity contribution in [1.29, 1.82) is 0 Å². The molecule has 0 fully saturated rings. The zero-order valence-corrected chi connectivity index (χ0v) is 13.9. The van der Waals surface area contributed by atoms with E-state index in [1.54, 1.807) is 4.90 Å². The summed E-state index contributed by atoms with van der Waals surface area (Å²) < 4.78 is 0. The fourth-order valence-corrected chi connectivity index (χ4v) is 2.20. The van der Waals surface area contributed by atoms with Crippen molar-refractivity contribution < 1.29 is 4.79 Å². The third-order valence-corrected chi connectivity index (χ3v) is 3.48. The van der Waals surface area contributed by atoms with Crippen LogP contribution in [0.15, 0.2) is 24.3 Å². The predicted octanol–water partition coefficient (Wildman–Crippen LogP) is 3.26. The van der Waals surface area contributed by atoms with Gasteiger partial charge in [-0.3, -0.25) is 4.79 Å². The largest absolute Gasteiger partial charge is 0.362 e. The molecule has 0 saturated heterocycles. The van der Waals surface area contributed by atoms with Gasteiger partial charge in [-0.1, -0.05) is 19.4 Å². The standard InChI is InChI=1S/C16H25N3OS/c1-4-7-11-17-16(21)18-14-10-8-9-13(12-14)15(20)19(5-2)6-3/h8-10,12H,4-7,11H2,1-3H3,(H2,17,18,21). The number of amides is 1. The van der Waals surface area contributed by atoms with E-state index in [4.69, 9.17) is 12.2 Å². The monoisotopic (exact) mass is 307 g/mol. The molecule has 0 radical (unpaired) electrons. The molecule has 0 aliphatic carbocycles. The van der Waals surface area contributed by atoms with Crippen LogP contribution in [-0.4, -0.2) is 35.6 Å². The van der Waals surface area contributed by atoms with E-state index in [2.05, 4.69) is 17.6 Å². The van der Waals surface area contributed by atoms with Crippen LogP contribution in [0.3, 0.4) is 0 Å². The van der Waals surface area contributed by atoms with Crippen molar-refractivity contribution in [3.05, 3.63) is 29.8 Å². The molecule has 0 unspecified atom stereocenters. The third-order valence-electron chi connectivity index (χ3n) is 3.23. The molecule has 5 heteroatoms. The lowest BCUT2D eigenvalue weighted by atomic mass is 10.1. The van der Waals surface area contributed by atoms with Crippen LogP contribution >= 0.6 is 12.2 Å². The summed E-state index contributed by atoms with van der Waals surface area (Å²) >= 11 is 5.24. The lowest BCUT2D eigenvalue weighted by Gasteiger charge is -2.19. The van der Waals surface area contributed by atoms with Gasteiger partial charge in [-0.05, 0) is 50.7 Å². The maximum Gasteiger partial charge on any atom is 0.253 e. The Balaban J connectivity index is 2.68. The summed E-state index contributed by atoms with van der Waals surface area (Å²) in [5, 5.41) is 6.86. The highest BCUT2D eigenvalue weighted by Gasteiger charge is 2.12. The van der Waals surface area contributed by atoms with Gasteiger partial charge in [-0.2, -0.15) is 0 Å². The second-order valence-corrected chi connectivity index (χ2v) is 5.20. The Morgan fingerprint density at radius 1 is 1.24 bits per heavy atom. The van der Waals surface area contributed by atoms with Gasteiger partial charge in [0.1, 0.15) is 0 Å². The first kappa shape index (κ1) is 17.4. The van der Waals surface area contributed by atoms with Crippen LogP contribution in [0.4, 0.5) is 5.69 Å². The Labute approximate surface area is 132 Å². The van der Waals surface area contributed by atoms with Crippen LogP contribution in [0.5, 0.6) is 0 Å². The Hall–Kier alpha value is -1.62. The number of nitrogens with zero attached hydrogens (tertiary/aromatic N) is 1. The van der Waals surface area contributed by atoms with Gasteiger partial charge in [0.2, 0.25) is 0 Å². The summed E-state index contributed by atoms with van der Waals surface area (Å²) in [4.78, 5) is 14.1. The van der Waals surface area contributed by atoms with Crippen molar-refractivity contribution in [2.24, 2.45) is 0 Å². The molecule has 0 saturated carbocycles. The van der Waals surface area contributed by atoms with Gasteiger partial charge in [-0.15, -0.1) is 0 Å². The van der Waals surface area contributed by atoms with Crippen LogP contribution in [0.25, 0.3) is 0 Å². The molecule has 1 rings (SSSR count). The average Bonchev–Trinajstić information content (AvgIpc) is 2.49. The van der Waals surface area contributed by atoms with E-state index in [0.29, 0.717) is 23.8 Å². The van der Waals surface area contributed by atoms with Gasteiger partial charge in [0, 0.05) is 30.9 Å². The minimum atomic E-state index is 0.0495. The molecule has 4 nitrogen and oxygen atoms in total. The zero-order valence-electron chi connectivity index (χ0n) is 13.1. The molecule has 21 heavy (non-hydrogen) atoms. The first-order valence-electron chi connectivity index (χ1n) is 7.56. The number of carbonyl (C=O) groups is 1. The van der Waals surface area contributed by atoms with E-state index >= 15 is 0 Å². The van der Waals surface area contributed by atoms with E-state index in [1.807, 2.05) is 38.1 Å². The minimum Gasteiger partial charge on any atom is -0.362 e. The van der Waals surface area contributed by atoms with Crippen LogP contribution in [0, 0.1) is 0 Å². The lowest BCUT2D eigenvalue weighted by molar-refractivity contribution is 0.0773. The van der Waals surface area contributed by atoms with Crippen molar-refractivity contribution >= 4 is 28.9 Å². The molecule has 1 aromatic rings. The molecular weight excluding hydrogens is 282 g/mol. The van der Waals surface area contributed by atoms with E-state index in [9.17, 15) is 4.79 Å². The van der Waals surface area contributed by atoms with E-state index in [-0.39, 0.29) is 5.91 Å². The SMILES string of the molecule is CCCCNC(=S)Nc1cccc(C(=O)N(CC)CC)c1. The van der Waals surface area contributed by atoms with Crippen LogP contribution in [-0.2, 0) is 0 Å². The molecule has 116 valence electrons. The molecule has 1 aromatic carbocycles. The molecule has 0 heterocycles. The number of benzene rings is 1. The number of thiocarbonyl (C=S) groups is 1. The van der Waals surface area contributed by atoms with E-state index < -0.39 is 0 Å². The molecule has 0 aliphatic heterocycles. The smallest absolute Gasteiger partial charge is 0.253 e. The van der Waals surface area contributed by atoms with Crippen molar-refractivity contribution in [3.63, 3.8) is 0 Å². The van der Waals surface area contributed by atoms with Crippen molar-refractivity contribution in [3.8, 4) is 0 Å². The number of hydrogen-bond acceptors (Lipinski definition) is 2. The number of anilines is 1. The van der Waals surface area contributed by atoms with Gasteiger partial charge in [0.05, 0.1) is 0 Å². The normalized spacial score (nSPS) is 10.0. The van der Waals surface area contributed by atoms with Gasteiger partial charge in [0.25, 0.3) is 5.91 Å². The predicted molar refractivity (Wildman–Crippen MR) is 92.8 cm³/mol. The van der Waals surface area contributed by atoms with Gasteiger partial charge < -0.3 is 15.5 Å². The van der Waals surface area contributed by atoms with Crippen LogP contribution < -0.4 is 10.6 Å². The van der Waals surface area contributed by atoms with Crippen molar-refractivity contribution in [2.45, 2.75) is 33.6 Å². The summed E-state index contributed by atoms with van der Waals surface area (Å²) in [6, 6.07) is 7.45. The number of rotatable bonds is 7. The molecule has 0 spiro atoms. The Morgan fingerprint density at radius 2 is 1.95 bits per heavy atom. The lowest BCUT2D eigenvalue weighted by Crippen LogP contribution is -2.31. The Morgan fingerprint density at radius 3 is 2.57 bits per heavy atom. The summed E-state index contributed by atoms with van der Waals surface area (Å²) in [6.45, 7) is 8.39. The second-order valence-electron chi connectivity index (χ2n) is 4.79. The summed E-state index contributed by atoms with van der Waals surface area (Å²) in [6.07, 6.45) is 2.21. The summed E-state index contributed by atoms with van der Waals surface area (Å²) in [5.41, 5.74) is 1.52. The Kier molecular flexibility index (Phi) is 7.75. The van der Waals surface area contributed by atoms with Crippen molar-refractivity contribution in [1.82, 2.24) is 10.2 Å². The fraction of sp³-hybridized carbons (Fsp3) is 0.500. The molecule has 1 amide bonds. The average molecular weight is 307 g/mol. The Bertz CT molecular complexity index is 472. The first-order valence-corrected chi connectivity index (χ1v) is 7.97. The first-order chi connectivity index (χ1) is 10.1. The molecule has 0 aromatic heterocycles. The maximum atomic E-state index is 12.3. The zero-order chi connectivity index (χ0) is 15.7. The van der Waals surface area contributed by atoms with Gasteiger partial charge in [-0.25, -0.2) is 0 Å². The quantitative estimate of drug-likeness (QED) is 0.599. The number of carbonyl (C=O) groups excluding carboxylic acids is 1. The topological polar surface area (TPSA) is 44.4 Å². The highest BCUT2D eigenvalue weighted by atomic mass is 32.1. The maximum absolute atomic E-state index is 12.3. The van der Waals surface area contributed by atoms with Gasteiger partial charge in [0.15, 0.2) is 5.11 Å². The van der Waals surface area contributed by atoms with E-state index in [1.165, 1.54) is 0 Å². The summed E-state index contributed by atoms with van der Waals surface area (Å²) in [7, 11) is 0. The minimum absolute atomic E-state index is 0.0495. The van der Waals surface area contributed by atoms with E-state index in [0.717, 1.165) is 25.1 Å². The number of nitrogens with one attached hydrogen (secondary N) is 2. The molecule has 0 bridgehead atoms. The fourth-order valence-electron chi connectivity index (χ4n) is 1.98. The van der Waals surface area contributed by atoms with Gasteiger partial charge >= 0.3 is 0 Å². The molecule has 0 aliphatic rings. The van der Waals surface area contributed by atoms with Crippen LogP contribution in [0.1, 0.15) is 44.0 Å². The third kappa shape index (κ3) is 5.71. The number of hydrogen-bond donors (Lipinski definition) is 2. The van der Waals surface area contributed by atoms with Crippen LogP contribution in [0.2, 0.25) is 0 Å². The highest BCUT2D eigenvalue weighted by Crippen LogP contribution is 2.13.